The molecule has 1 atom stereocenters. The number of methoxy groups -OCH3 is 2. The summed E-state index contributed by atoms with van der Waals surface area (Å²) in [5.41, 5.74) is 5.71. The number of nitrogens with one attached hydrogen (secondary N) is 1. The van der Waals surface area contributed by atoms with Crippen molar-refractivity contribution >= 4 is 11.9 Å². The van der Waals surface area contributed by atoms with E-state index in [1.165, 1.54) is 14.2 Å². The van der Waals surface area contributed by atoms with E-state index in [-0.39, 0.29) is 19.0 Å². The number of carbonyl (C=O) groups excluding carboxylic acids is 1. The number of hydrogen-bond donors (Lipinski definition) is 4. The first-order valence-electron chi connectivity index (χ1n) is 6.42. The van der Waals surface area contributed by atoms with E-state index in [9.17, 15) is 9.90 Å². The normalized spacial score (nSPS) is 10.8. The molecule has 8 heteroatoms. The molecular formula is C14H22N2O6. The van der Waals surface area contributed by atoms with E-state index in [1.54, 1.807) is 18.2 Å². The summed E-state index contributed by atoms with van der Waals surface area (Å²) in [6.45, 7) is 1.04. The van der Waals surface area contributed by atoms with Crippen LogP contribution in [0.15, 0.2) is 18.2 Å². The van der Waals surface area contributed by atoms with Gasteiger partial charge in [0.15, 0.2) is 0 Å². The topological polar surface area (TPSA) is 131 Å². The summed E-state index contributed by atoms with van der Waals surface area (Å²) in [5.74, 6) is -0.0174. The smallest absolute Gasteiger partial charge is 0.300 e. The van der Waals surface area contributed by atoms with Crippen LogP contribution < -0.4 is 20.5 Å². The molecule has 1 aromatic carbocycles. The van der Waals surface area contributed by atoms with E-state index in [0.29, 0.717) is 17.1 Å². The maximum atomic E-state index is 11.0. The highest BCUT2D eigenvalue weighted by atomic mass is 16.5. The lowest BCUT2D eigenvalue weighted by Crippen LogP contribution is -2.33. The van der Waals surface area contributed by atoms with Crippen LogP contribution in [0.1, 0.15) is 18.6 Å². The lowest BCUT2D eigenvalue weighted by Gasteiger charge is -2.16. The van der Waals surface area contributed by atoms with Gasteiger partial charge in [0.1, 0.15) is 11.5 Å². The van der Waals surface area contributed by atoms with Crippen molar-refractivity contribution in [3.8, 4) is 11.5 Å². The molecule has 22 heavy (non-hydrogen) atoms. The molecule has 0 aliphatic rings. The van der Waals surface area contributed by atoms with Crippen LogP contribution in [-0.2, 0) is 9.59 Å². The molecule has 5 N–H and O–H groups in total. The van der Waals surface area contributed by atoms with E-state index in [1.807, 2.05) is 0 Å². The largest absolute Gasteiger partial charge is 0.497 e. The Morgan fingerprint density at radius 3 is 2.36 bits per heavy atom. The van der Waals surface area contributed by atoms with Crippen molar-refractivity contribution in [3.63, 3.8) is 0 Å². The Kier molecular flexibility index (Phi) is 9.31. The molecule has 1 rings (SSSR count). The minimum absolute atomic E-state index is 0.0690. The minimum atomic E-state index is -0.884. The zero-order chi connectivity index (χ0) is 17.1. The van der Waals surface area contributed by atoms with Crippen LogP contribution in [0.2, 0.25) is 0 Å². The second kappa shape index (κ2) is 10.4. The van der Waals surface area contributed by atoms with E-state index < -0.39 is 12.1 Å². The van der Waals surface area contributed by atoms with Gasteiger partial charge in [0, 0.05) is 19.0 Å². The third-order valence-electron chi connectivity index (χ3n) is 2.47. The molecule has 8 nitrogen and oxygen atoms in total. The molecule has 0 spiro atoms. The summed E-state index contributed by atoms with van der Waals surface area (Å²) in [5, 5.41) is 19.9. The summed E-state index contributed by atoms with van der Waals surface area (Å²) in [4.78, 5) is 20.0. The highest BCUT2D eigenvalue weighted by molar-refractivity contribution is 5.77. The Morgan fingerprint density at radius 2 is 1.91 bits per heavy atom. The highest BCUT2D eigenvalue weighted by Crippen LogP contribution is 2.28. The molecule has 0 saturated carbocycles. The van der Waals surface area contributed by atoms with Gasteiger partial charge in [-0.15, -0.1) is 0 Å². The predicted octanol–water partition coefficient (Wildman–Crippen LogP) is -0.0970. The van der Waals surface area contributed by atoms with Gasteiger partial charge >= 0.3 is 0 Å². The first-order chi connectivity index (χ1) is 10.3. The van der Waals surface area contributed by atoms with E-state index in [4.69, 9.17) is 25.1 Å². The number of aliphatic hydroxyl groups excluding tert-OH is 1. The number of rotatable bonds is 6. The van der Waals surface area contributed by atoms with E-state index >= 15 is 0 Å². The van der Waals surface area contributed by atoms with Crippen molar-refractivity contribution in [3.05, 3.63) is 23.8 Å². The lowest BCUT2D eigenvalue weighted by atomic mass is 10.1. The molecule has 1 aromatic rings. The monoisotopic (exact) mass is 314 g/mol. The van der Waals surface area contributed by atoms with Gasteiger partial charge in [-0.1, -0.05) is 0 Å². The fourth-order valence-corrected chi connectivity index (χ4v) is 1.49. The molecule has 1 amide bonds. The summed E-state index contributed by atoms with van der Waals surface area (Å²) >= 11 is 0. The zero-order valence-corrected chi connectivity index (χ0v) is 12.8. The molecule has 0 radical (unpaired) electrons. The summed E-state index contributed by atoms with van der Waals surface area (Å²) in [7, 11) is 3.05. The first kappa shape index (κ1) is 19.7. The lowest BCUT2D eigenvalue weighted by molar-refractivity contribution is -0.134. The standard InChI is InChI=1S/C12H18N2O4.C2H4O2/c1-17-8-3-4-11(18-2)9(5-8)10(15)7-14-12(16)6-13;1-2(3)4/h3-5,10,15H,6-7,13H2,1-2H3,(H,14,16);1H3,(H,3,4). The molecular weight excluding hydrogens is 292 g/mol. The first-order valence-corrected chi connectivity index (χ1v) is 6.42. The number of carboxylic acid groups (broad SMARTS) is 1. The Balaban J connectivity index is 0.000000980. The average molecular weight is 314 g/mol. The van der Waals surface area contributed by atoms with Crippen LogP contribution >= 0.6 is 0 Å². The summed E-state index contributed by atoms with van der Waals surface area (Å²) < 4.78 is 10.2. The second-order valence-corrected chi connectivity index (χ2v) is 4.15. The SMILES string of the molecule is CC(=O)O.COc1ccc(OC)c(C(O)CNC(=O)CN)c1. The molecule has 0 saturated heterocycles. The van der Waals surface area contributed by atoms with E-state index in [0.717, 1.165) is 6.92 Å². The molecule has 0 heterocycles. The van der Waals surface area contributed by atoms with Crippen LogP contribution in [0.3, 0.4) is 0 Å². The van der Waals surface area contributed by atoms with Gasteiger partial charge in [0.2, 0.25) is 5.91 Å². The minimum Gasteiger partial charge on any atom is -0.497 e. The second-order valence-electron chi connectivity index (χ2n) is 4.15. The van der Waals surface area contributed by atoms with Crippen LogP contribution in [0, 0.1) is 0 Å². The predicted molar refractivity (Wildman–Crippen MR) is 79.9 cm³/mol. The van der Waals surface area contributed by atoms with Crippen molar-refractivity contribution in [2.75, 3.05) is 27.3 Å². The zero-order valence-electron chi connectivity index (χ0n) is 12.8. The molecule has 0 fully saturated rings. The van der Waals surface area contributed by atoms with E-state index in [2.05, 4.69) is 5.32 Å². The van der Waals surface area contributed by atoms with Crippen molar-refractivity contribution in [2.45, 2.75) is 13.0 Å². The quantitative estimate of drug-likeness (QED) is 0.576. The number of ether oxygens (including phenoxy) is 2. The number of hydrogen-bond acceptors (Lipinski definition) is 6. The number of aliphatic hydroxyl groups is 1. The molecule has 124 valence electrons. The Hall–Kier alpha value is -2.32. The average Bonchev–Trinajstić information content (AvgIpc) is 2.50. The van der Waals surface area contributed by atoms with Crippen molar-refractivity contribution in [1.82, 2.24) is 5.32 Å². The summed E-state index contributed by atoms with van der Waals surface area (Å²) in [6, 6.07) is 5.09. The fraction of sp³-hybridized carbons (Fsp3) is 0.429. The van der Waals surface area contributed by atoms with Gasteiger partial charge in [-0.25, -0.2) is 0 Å². The Bertz CT molecular complexity index is 488. The number of benzene rings is 1. The number of aliphatic carboxylic acids is 1. The van der Waals surface area contributed by atoms with Gasteiger partial charge < -0.3 is 30.7 Å². The van der Waals surface area contributed by atoms with Gasteiger partial charge in [0.05, 0.1) is 26.9 Å². The van der Waals surface area contributed by atoms with Crippen molar-refractivity contribution in [1.29, 1.82) is 0 Å². The molecule has 1 unspecified atom stereocenters. The van der Waals surface area contributed by atoms with Crippen molar-refractivity contribution in [2.24, 2.45) is 5.73 Å². The number of carbonyl (C=O) groups is 2. The van der Waals surface area contributed by atoms with Crippen LogP contribution in [-0.4, -0.2) is 49.4 Å². The van der Waals surface area contributed by atoms with Gasteiger partial charge in [0.25, 0.3) is 5.97 Å². The summed E-state index contributed by atoms with van der Waals surface area (Å²) in [6.07, 6.45) is -0.884. The Morgan fingerprint density at radius 1 is 1.32 bits per heavy atom. The Labute approximate surface area is 128 Å². The maximum Gasteiger partial charge on any atom is 0.300 e. The third-order valence-corrected chi connectivity index (χ3v) is 2.47. The molecule has 0 aliphatic carbocycles. The van der Waals surface area contributed by atoms with Gasteiger partial charge in [-0.3, -0.25) is 9.59 Å². The van der Waals surface area contributed by atoms with Crippen LogP contribution in [0.4, 0.5) is 0 Å². The molecule has 0 aromatic heterocycles. The van der Waals surface area contributed by atoms with Gasteiger partial charge in [-0.05, 0) is 18.2 Å². The third kappa shape index (κ3) is 7.46. The van der Waals surface area contributed by atoms with Crippen LogP contribution in [0.5, 0.6) is 11.5 Å². The van der Waals surface area contributed by atoms with Crippen molar-refractivity contribution < 1.29 is 29.3 Å². The maximum absolute atomic E-state index is 11.0. The highest BCUT2D eigenvalue weighted by Gasteiger charge is 2.15. The fourth-order valence-electron chi connectivity index (χ4n) is 1.49. The molecule has 0 bridgehead atoms. The van der Waals surface area contributed by atoms with Crippen LogP contribution in [0.25, 0.3) is 0 Å². The number of amides is 1. The number of carboxylic acids is 1. The number of nitrogens with two attached hydrogens (primary N) is 1. The molecule has 0 aliphatic heterocycles. The van der Waals surface area contributed by atoms with Gasteiger partial charge in [-0.2, -0.15) is 0 Å².